The quantitative estimate of drug-likeness (QED) is 0.514. The van der Waals surface area contributed by atoms with Crippen molar-refractivity contribution in [1.82, 2.24) is 19.9 Å². The van der Waals surface area contributed by atoms with Crippen molar-refractivity contribution < 1.29 is 55.3 Å². The zero-order chi connectivity index (χ0) is 30.1. The summed E-state index contributed by atoms with van der Waals surface area (Å²) in [5, 5.41) is 14.2. The predicted molar refractivity (Wildman–Crippen MR) is 124 cm³/mol. The maximum absolute atomic E-state index is 13.0. The molecule has 2 fully saturated rings. The van der Waals surface area contributed by atoms with E-state index < -0.39 is 30.1 Å². The van der Waals surface area contributed by atoms with Crippen LogP contribution in [0.25, 0.3) is 0 Å². The molecule has 2 aromatic heterocycles. The summed E-state index contributed by atoms with van der Waals surface area (Å²) >= 11 is 0. The molecule has 2 aliphatic heterocycles. The molecule has 0 amide bonds. The van der Waals surface area contributed by atoms with Crippen molar-refractivity contribution in [2.45, 2.75) is 49.8 Å². The highest BCUT2D eigenvalue weighted by Gasteiger charge is 2.44. The van der Waals surface area contributed by atoms with Gasteiger partial charge in [0.15, 0.2) is 5.82 Å². The third kappa shape index (κ3) is 10.2. The van der Waals surface area contributed by atoms with Gasteiger partial charge in [-0.2, -0.15) is 26.3 Å². The zero-order valence-electron chi connectivity index (χ0n) is 21.0. The van der Waals surface area contributed by atoms with Crippen LogP contribution in [0.15, 0.2) is 36.9 Å². The van der Waals surface area contributed by atoms with Crippen LogP contribution in [0.2, 0.25) is 0 Å². The molecule has 222 valence electrons. The number of rotatable bonds is 4. The average Bonchev–Trinajstić information content (AvgIpc) is 3.29. The number of carboxylic acid groups (broad SMARTS) is 2. The Morgan fingerprint density at radius 2 is 1.50 bits per heavy atom. The minimum Gasteiger partial charge on any atom is -0.475 e. The second-order valence-corrected chi connectivity index (χ2v) is 8.92. The van der Waals surface area contributed by atoms with Crippen LogP contribution in [0.3, 0.4) is 0 Å². The van der Waals surface area contributed by atoms with Crippen LogP contribution < -0.4 is 4.90 Å². The monoisotopic (exact) mass is 585 g/mol. The molecule has 2 aliphatic rings. The molecule has 1 unspecified atom stereocenters. The number of likely N-dealkylation sites (N-methyl/N-ethyl adjacent to an activating group) is 1. The minimum absolute atomic E-state index is 0.0479. The summed E-state index contributed by atoms with van der Waals surface area (Å²) < 4.78 is 82.7. The first-order chi connectivity index (χ1) is 18.5. The first kappa shape index (κ1) is 32.6. The van der Waals surface area contributed by atoms with Gasteiger partial charge in [-0.15, -0.1) is 0 Å². The first-order valence-corrected chi connectivity index (χ1v) is 11.6. The van der Waals surface area contributed by atoms with Crippen molar-refractivity contribution >= 4 is 17.9 Å². The molecule has 1 atom stereocenters. The van der Waals surface area contributed by atoms with Gasteiger partial charge < -0.3 is 19.8 Å². The van der Waals surface area contributed by atoms with Crippen LogP contribution >= 0.6 is 0 Å². The highest BCUT2D eigenvalue weighted by molar-refractivity contribution is 5.73. The van der Waals surface area contributed by atoms with Crippen molar-refractivity contribution in [2.75, 3.05) is 31.6 Å². The van der Waals surface area contributed by atoms with Gasteiger partial charge >= 0.3 is 24.3 Å². The molecule has 0 aromatic carbocycles. The molecule has 40 heavy (non-hydrogen) atoms. The number of carboxylic acids is 2. The molecule has 10 nitrogen and oxygen atoms in total. The summed E-state index contributed by atoms with van der Waals surface area (Å²) in [5.41, 5.74) is 1.22. The fourth-order valence-electron chi connectivity index (χ4n) is 3.94. The number of carbonyl (C=O) groups is 2. The number of aromatic nitrogens is 3. The Bertz CT molecular complexity index is 1070. The SMILES string of the molecule is CN(Cc1ccncc1)C1COC2(CCN(c3ncc(F)cn3)CC2)C1.O=C(O)C(F)(F)F.O=C(O)C(F)(F)F. The van der Waals surface area contributed by atoms with Crippen molar-refractivity contribution in [3.05, 3.63) is 48.3 Å². The van der Waals surface area contributed by atoms with Crippen LogP contribution in [-0.4, -0.2) is 92.7 Å². The smallest absolute Gasteiger partial charge is 0.475 e. The van der Waals surface area contributed by atoms with Crippen molar-refractivity contribution in [1.29, 1.82) is 0 Å². The van der Waals surface area contributed by atoms with Gasteiger partial charge in [0.1, 0.15) is 0 Å². The Labute approximate surface area is 223 Å². The molecule has 0 radical (unpaired) electrons. The fraction of sp³-hybridized carbons (Fsp3) is 0.522. The van der Waals surface area contributed by atoms with E-state index in [4.69, 9.17) is 24.5 Å². The molecule has 4 rings (SSSR count). The Morgan fingerprint density at radius 3 is 1.95 bits per heavy atom. The summed E-state index contributed by atoms with van der Waals surface area (Å²) in [6.45, 7) is 3.36. The number of halogens is 7. The lowest BCUT2D eigenvalue weighted by Crippen LogP contribution is -2.45. The van der Waals surface area contributed by atoms with E-state index in [2.05, 4.69) is 43.9 Å². The van der Waals surface area contributed by atoms with Gasteiger partial charge in [0, 0.05) is 38.1 Å². The van der Waals surface area contributed by atoms with E-state index >= 15 is 0 Å². The molecular formula is C23H26F7N5O5. The van der Waals surface area contributed by atoms with E-state index in [1.54, 1.807) is 0 Å². The third-order valence-corrected chi connectivity index (χ3v) is 6.04. The van der Waals surface area contributed by atoms with Gasteiger partial charge in [0.2, 0.25) is 5.95 Å². The van der Waals surface area contributed by atoms with Gasteiger partial charge in [0.05, 0.1) is 24.6 Å². The highest BCUT2D eigenvalue weighted by atomic mass is 19.4. The van der Waals surface area contributed by atoms with Crippen molar-refractivity contribution in [3.8, 4) is 0 Å². The molecule has 1 spiro atoms. The fourth-order valence-corrected chi connectivity index (χ4v) is 3.94. The van der Waals surface area contributed by atoms with Crippen LogP contribution in [0.4, 0.5) is 36.7 Å². The standard InChI is InChI=1S/C19H24FN5O.2C2HF3O2/c1-24(13-15-2-6-21-7-3-15)17-10-19(26-14-17)4-8-25(9-5-19)18-22-11-16(20)12-23-18;2*3-2(4,5)1(6)7/h2-3,6-7,11-12,17H,4-5,8-10,13-14H2,1H3;2*(H,6,7). The van der Waals surface area contributed by atoms with E-state index in [-0.39, 0.29) is 5.60 Å². The second kappa shape index (κ2) is 13.6. The lowest BCUT2D eigenvalue weighted by molar-refractivity contribution is -0.193. The molecular weight excluding hydrogens is 559 g/mol. The Morgan fingerprint density at radius 1 is 1.02 bits per heavy atom. The van der Waals surface area contributed by atoms with Crippen LogP contribution in [0.1, 0.15) is 24.8 Å². The summed E-state index contributed by atoms with van der Waals surface area (Å²) in [6.07, 6.45) is -1.09. The average molecular weight is 585 g/mol. The molecule has 4 heterocycles. The van der Waals surface area contributed by atoms with Gasteiger partial charge in [-0.1, -0.05) is 0 Å². The van der Waals surface area contributed by atoms with E-state index in [0.29, 0.717) is 12.0 Å². The summed E-state index contributed by atoms with van der Waals surface area (Å²) in [6, 6.07) is 4.55. The summed E-state index contributed by atoms with van der Waals surface area (Å²) in [5.74, 6) is -5.31. The Balaban J connectivity index is 0.000000333. The first-order valence-electron chi connectivity index (χ1n) is 11.6. The second-order valence-electron chi connectivity index (χ2n) is 8.92. The van der Waals surface area contributed by atoms with E-state index in [9.17, 15) is 30.7 Å². The number of alkyl halides is 6. The molecule has 0 bridgehead atoms. The number of hydrogen-bond donors (Lipinski definition) is 2. The van der Waals surface area contributed by atoms with Gasteiger partial charge in [0.25, 0.3) is 0 Å². The number of anilines is 1. The number of piperidine rings is 1. The largest absolute Gasteiger partial charge is 0.490 e. The van der Waals surface area contributed by atoms with Gasteiger partial charge in [-0.05, 0) is 44.0 Å². The number of nitrogens with zero attached hydrogens (tertiary/aromatic N) is 5. The van der Waals surface area contributed by atoms with Gasteiger partial charge in [-0.3, -0.25) is 9.88 Å². The molecule has 2 N–H and O–H groups in total. The zero-order valence-corrected chi connectivity index (χ0v) is 21.0. The maximum atomic E-state index is 13.0. The van der Waals surface area contributed by atoms with Gasteiger partial charge in [-0.25, -0.2) is 23.9 Å². The molecule has 2 saturated heterocycles. The van der Waals surface area contributed by atoms with Crippen molar-refractivity contribution in [3.63, 3.8) is 0 Å². The van der Waals surface area contributed by atoms with E-state index in [0.717, 1.165) is 45.5 Å². The predicted octanol–water partition coefficient (Wildman–Crippen LogP) is 3.54. The number of pyridine rings is 1. The topological polar surface area (TPSA) is 129 Å². The van der Waals surface area contributed by atoms with Crippen molar-refractivity contribution in [2.24, 2.45) is 0 Å². The Kier molecular flexibility index (Phi) is 11.1. The normalized spacial score (nSPS) is 18.4. The lowest BCUT2D eigenvalue weighted by atomic mass is 9.87. The minimum atomic E-state index is -5.08. The third-order valence-electron chi connectivity index (χ3n) is 6.04. The molecule has 0 saturated carbocycles. The number of aliphatic carboxylic acids is 2. The highest BCUT2D eigenvalue weighted by Crippen LogP contribution is 2.38. The van der Waals surface area contributed by atoms with E-state index in [1.165, 1.54) is 18.0 Å². The molecule has 2 aromatic rings. The lowest BCUT2D eigenvalue weighted by Gasteiger charge is -2.38. The van der Waals surface area contributed by atoms with Crippen LogP contribution in [-0.2, 0) is 20.9 Å². The molecule has 0 aliphatic carbocycles. The summed E-state index contributed by atoms with van der Waals surface area (Å²) in [4.78, 5) is 34.5. The summed E-state index contributed by atoms with van der Waals surface area (Å²) in [7, 11) is 2.16. The van der Waals surface area contributed by atoms with E-state index in [1.807, 2.05) is 12.4 Å². The maximum Gasteiger partial charge on any atom is 0.490 e. The Hall–Kier alpha value is -3.60. The van der Waals surface area contributed by atoms with Crippen LogP contribution in [0.5, 0.6) is 0 Å². The number of hydrogen-bond acceptors (Lipinski definition) is 8. The molecule has 17 heteroatoms. The van der Waals surface area contributed by atoms with Crippen LogP contribution in [0, 0.1) is 5.82 Å². The number of ether oxygens (including phenoxy) is 1.